The number of ketones is 1. The molecule has 0 aromatic rings. The summed E-state index contributed by atoms with van der Waals surface area (Å²) >= 11 is 0. The average Bonchev–Trinajstić information content (AvgIpc) is 3.19. The number of Topliss-reactive ketones (excluding diaryl/α,β-unsaturated/α-hetero) is 1. The fraction of sp³-hybridized carbons (Fsp3) is 0.870. The van der Waals surface area contributed by atoms with Gasteiger partial charge < -0.3 is 13.9 Å². The Labute approximate surface area is 171 Å². The molecule has 2 saturated carbocycles. The van der Waals surface area contributed by atoms with Gasteiger partial charge in [-0.2, -0.15) is 0 Å². The number of hydrogen-bond acceptors (Lipinski definition) is 4. The smallest absolute Gasteiger partial charge is 0.192 e. The van der Waals surface area contributed by atoms with E-state index in [1.807, 2.05) is 0 Å². The molecule has 3 aliphatic carbocycles. The van der Waals surface area contributed by atoms with Crippen molar-refractivity contribution in [2.24, 2.45) is 10.8 Å². The van der Waals surface area contributed by atoms with Gasteiger partial charge in [0.2, 0.25) is 0 Å². The number of carbonyl (C=O) groups is 1. The van der Waals surface area contributed by atoms with Crippen LogP contribution in [0.3, 0.4) is 0 Å². The second kappa shape index (κ2) is 6.50. The minimum absolute atomic E-state index is 0.00861. The van der Waals surface area contributed by atoms with Gasteiger partial charge in [-0.05, 0) is 43.8 Å². The van der Waals surface area contributed by atoms with Crippen molar-refractivity contribution in [3.8, 4) is 0 Å². The van der Waals surface area contributed by atoms with Crippen LogP contribution in [0.4, 0.5) is 0 Å². The van der Waals surface area contributed by atoms with Gasteiger partial charge in [-0.1, -0.05) is 39.3 Å². The lowest BCUT2D eigenvalue weighted by molar-refractivity contribution is -0.192. The van der Waals surface area contributed by atoms with Crippen molar-refractivity contribution in [2.45, 2.75) is 103 Å². The number of hydrogen-bond donors (Lipinski definition) is 0. The van der Waals surface area contributed by atoms with Crippen LogP contribution < -0.4 is 0 Å². The lowest BCUT2D eigenvalue weighted by Crippen LogP contribution is -2.54. The minimum atomic E-state index is -1.86. The van der Waals surface area contributed by atoms with Crippen molar-refractivity contribution in [2.75, 3.05) is 13.2 Å². The zero-order valence-corrected chi connectivity index (χ0v) is 19.7. The average molecular weight is 407 g/mol. The Morgan fingerprint density at radius 1 is 1.07 bits per heavy atom. The van der Waals surface area contributed by atoms with Crippen molar-refractivity contribution in [1.82, 2.24) is 0 Å². The summed E-state index contributed by atoms with van der Waals surface area (Å²) in [6, 6.07) is 0. The van der Waals surface area contributed by atoms with Gasteiger partial charge in [0, 0.05) is 24.7 Å². The highest BCUT2D eigenvalue weighted by atomic mass is 28.4. The van der Waals surface area contributed by atoms with Crippen LogP contribution in [-0.4, -0.2) is 39.2 Å². The predicted octanol–water partition coefficient (Wildman–Crippen LogP) is 5.38. The van der Waals surface area contributed by atoms with Crippen LogP contribution in [0.5, 0.6) is 0 Å². The molecule has 0 unspecified atom stereocenters. The molecule has 0 aromatic carbocycles. The maximum absolute atomic E-state index is 13.3. The summed E-state index contributed by atoms with van der Waals surface area (Å²) in [6.07, 6.45) is 8.54. The second-order valence-corrected chi connectivity index (χ2v) is 16.0. The fourth-order valence-corrected chi connectivity index (χ4v) is 7.22. The van der Waals surface area contributed by atoms with Crippen LogP contribution in [0.2, 0.25) is 18.1 Å². The third-order valence-electron chi connectivity index (χ3n) is 8.70. The standard InChI is InChI=1S/C23H38O4Si/c1-20(2,3)28(5,6)27-19-8-7-17-21(19,4)10-9-18(24)22(17)11-13-23(14-12-22)25-15-16-26-23/h7,19H,8-16H2,1-6H3/t19-,21-/m0/s1. The van der Waals surface area contributed by atoms with Gasteiger partial charge in [0.05, 0.1) is 24.7 Å². The topological polar surface area (TPSA) is 44.8 Å². The van der Waals surface area contributed by atoms with E-state index in [0.717, 1.165) is 38.5 Å². The normalized spacial score (nSPS) is 34.7. The Morgan fingerprint density at radius 2 is 1.68 bits per heavy atom. The van der Waals surface area contributed by atoms with E-state index in [1.54, 1.807) is 0 Å². The molecular weight excluding hydrogens is 368 g/mol. The van der Waals surface area contributed by atoms with Gasteiger partial charge in [-0.3, -0.25) is 4.79 Å². The molecule has 0 N–H and O–H groups in total. The third kappa shape index (κ3) is 3.00. The van der Waals surface area contributed by atoms with Gasteiger partial charge in [-0.15, -0.1) is 0 Å². The molecule has 4 aliphatic rings. The Balaban J connectivity index is 1.58. The van der Waals surface area contributed by atoms with Crippen molar-refractivity contribution in [3.63, 3.8) is 0 Å². The molecule has 1 saturated heterocycles. The molecule has 3 fully saturated rings. The van der Waals surface area contributed by atoms with E-state index in [0.29, 0.717) is 25.4 Å². The van der Waals surface area contributed by atoms with Gasteiger partial charge in [0.25, 0.3) is 0 Å². The molecule has 0 radical (unpaired) electrons. The van der Waals surface area contributed by atoms with Crippen LogP contribution in [0.25, 0.3) is 0 Å². The van der Waals surface area contributed by atoms with Crippen LogP contribution in [-0.2, 0) is 18.7 Å². The van der Waals surface area contributed by atoms with Gasteiger partial charge in [-0.25, -0.2) is 0 Å². The van der Waals surface area contributed by atoms with Crippen LogP contribution >= 0.6 is 0 Å². The monoisotopic (exact) mass is 406 g/mol. The molecule has 158 valence electrons. The van der Waals surface area contributed by atoms with E-state index < -0.39 is 14.1 Å². The molecule has 5 heteroatoms. The molecule has 2 atom stereocenters. The molecule has 1 aliphatic heterocycles. The molecule has 0 aromatic heterocycles. The summed E-state index contributed by atoms with van der Waals surface area (Å²) in [6.45, 7) is 15.3. The summed E-state index contributed by atoms with van der Waals surface area (Å²) < 4.78 is 18.8. The first-order chi connectivity index (χ1) is 12.9. The molecule has 4 nitrogen and oxygen atoms in total. The van der Waals surface area contributed by atoms with Gasteiger partial charge in [0.15, 0.2) is 14.1 Å². The summed E-state index contributed by atoms with van der Waals surface area (Å²) in [5.41, 5.74) is 1.07. The van der Waals surface area contributed by atoms with E-state index in [-0.39, 0.29) is 22.0 Å². The van der Waals surface area contributed by atoms with Gasteiger partial charge in [0.1, 0.15) is 5.78 Å². The molecule has 0 bridgehead atoms. The maximum Gasteiger partial charge on any atom is 0.192 e. The summed E-state index contributed by atoms with van der Waals surface area (Å²) in [4.78, 5) is 13.3. The van der Waals surface area contributed by atoms with Gasteiger partial charge >= 0.3 is 0 Å². The fourth-order valence-electron chi connectivity index (χ4n) is 5.79. The van der Waals surface area contributed by atoms with E-state index >= 15 is 0 Å². The highest BCUT2D eigenvalue weighted by Gasteiger charge is 2.60. The Hall–Kier alpha value is -0.493. The lowest BCUT2D eigenvalue weighted by Gasteiger charge is -2.53. The molecule has 2 spiro atoms. The number of ether oxygens (including phenoxy) is 2. The summed E-state index contributed by atoms with van der Waals surface area (Å²) in [7, 11) is -1.86. The van der Waals surface area contributed by atoms with E-state index in [2.05, 4.69) is 46.9 Å². The number of fused-ring (bicyclic) bond motifs is 2. The number of rotatable bonds is 2. The first kappa shape index (κ1) is 20.8. The van der Waals surface area contributed by atoms with E-state index in [1.165, 1.54) is 5.57 Å². The van der Waals surface area contributed by atoms with E-state index in [4.69, 9.17) is 13.9 Å². The zero-order chi connectivity index (χ0) is 20.4. The zero-order valence-electron chi connectivity index (χ0n) is 18.7. The van der Waals surface area contributed by atoms with Crippen molar-refractivity contribution < 1.29 is 18.7 Å². The van der Waals surface area contributed by atoms with E-state index in [9.17, 15) is 4.79 Å². The molecular formula is C23H38O4Si. The quantitative estimate of drug-likeness (QED) is 0.456. The maximum atomic E-state index is 13.3. The number of carbonyl (C=O) groups excluding carboxylic acids is 1. The second-order valence-electron chi connectivity index (χ2n) is 11.3. The molecule has 1 heterocycles. The van der Waals surface area contributed by atoms with Crippen molar-refractivity contribution >= 4 is 14.1 Å². The first-order valence-electron chi connectivity index (χ1n) is 11.1. The highest BCUT2D eigenvalue weighted by molar-refractivity contribution is 6.74. The summed E-state index contributed by atoms with van der Waals surface area (Å²) in [5.74, 6) is 0.0207. The Bertz CT molecular complexity index is 673. The highest BCUT2D eigenvalue weighted by Crippen LogP contribution is 2.62. The predicted molar refractivity (Wildman–Crippen MR) is 113 cm³/mol. The first-order valence-corrected chi connectivity index (χ1v) is 14.1. The van der Waals surface area contributed by atoms with Crippen molar-refractivity contribution in [1.29, 1.82) is 0 Å². The lowest BCUT2D eigenvalue weighted by atomic mass is 9.54. The Kier molecular flexibility index (Phi) is 4.82. The van der Waals surface area contributed by atoms with Crippen LogP contribution in [0, 0.1) is 10.8 Å². The Morgan fingerprint density at radius 3 is 2.25 bits per heavy atom. The van der Waals surface area contributed by atoms with Crippen molar-refractivity contribution in [3.05, 3.63) is 11.6 Å². The largest absolute Gasteiger partial charge is 0.413 e. The third-order valence-corrected chi connectivity index (χ3v) is 13.2. The SMILES string of the molecule is CC(C)(C)[Si](C)(C)O[C@H]1CC=C2C3(CCC4(CC3)OCCO4)C(=O)CC[C@@]21C. The molecule has 28 heavy (non-hydrogen) atoms. The van der Waals surface area contributed by atoms with Crippen LogP contribution in [0.1, 0.15) is 72.6 Å². The minimum Gasteiger partial charge on any atom is -0.413 e. The molecule has 4 rings (SSSR count). The molecule has 0 amide bonds. The van der Waals surface area contributed by atoms with Crippen LogP contribution in [0.15, 0.2) is 11.6 Å². The summed E-state index contributed by atoms with van der Waals surface area (Å²) in [5, 5.41) is 0.197.